The molecule has 0 amide bonds. The first-order valence-corrected chi connectivity index (χ1v) is 10.9. The maximum absolute atomic E-state index is 12.5. The van der Waals surface area contributed by atoms with Crippen LogP contribution in [0.15, 0.2) is 46.0 Å². The van der Waals surface area contributed by atoms with Crippen LogP contribution in [0.4, 0.5) is 0 Å². The fourth-order valence-electron chi connectivity index (χ4n) is 2.99. The molecule has 1 saturated heterocycles. The standard InChI is InChI=1S/C17H22ClN3O2S2/c1-20-8-10-21(11-9-20)16(14-5-2-3-6-15(14)18)13-19-25(22,23)17-7-4-12-24-17/h2-7,12,16,19H,8-11,13H2,1H3. The fraction of sp³-hybridized carbons (Fsp3) is 0.412. The van der Waals surface area contributed by atoms with Crippen LogP contribution in [0.1, 0.15) is 11.6 Å². The Morgan fingerprint density at radius 2 is 1.88 bits per heavy atom. The zero-order valence-electron chi connectivity index (χ0n) is 14.1. The van der Waals surface area contributed by atoms with Gasteiger partial charge in [0.25, 0.3) is 0 Å². The Morgan fingerprint density at radius 1 is 1.16 bits per heavy atom. The highest BCUT2D eigenvalue weighted by Gasteiger charge is 2.27. The van der Waals surface area contributed by atoms with Crippen molar-refractivity contribution >= 4 is 33.0 Å². The minimum absolute atomic E-state index is 0.0860. The molecule has 0 bridgehead atoms. The van der Waals surface area contributed by atoms with Crippen molar-refractivity contribution in [3.8, 4) is 0 Å². The molecule has 2 aromatic rings. The zero-order chi connectivity index (χ0) is 17.9. The Labute approximate surface area is 158 Å². The summed E-state index contributed by atoms with van der Waals surface area (Å²) in [4.78, 5) is 4.58. The van der Waals surface area contributed by atoms with Crippen LogP contribution in [-0.2, 0) is 10.0 Å². The van der Waals surface area contributed by atoms with E-state index in [0.29, 0.717) is 15.8 Å². The quantitative estimate of drug-likeness (QED) is 0.811. The molecule has 25 heavy (non-hydrogen) atoms. The third kappa shape index (κ3) is 4.61. The average Bonchev–Trinajstić information content (AvgIpc) is 3.13. The van der Waals surface area contributed by atoms with E-state index < -0.39 is 10.0 Å². The van der Waals surface area contributed by atoms with Gasteiger partial charge in [0.15, 0.2) is 0 Å². The molecule has 1 N–H and O–H groups in total. The SMILES string of the molecule is CN1CCN(C(CNS(=O)(=O)c2cccs2)c2ccccc2Cl)CC1. The fourth-order valence-corrected chi connectivity index (χ4v) is 5.33. The summed E-state index contributed by atoms with van der Waals surface area (Å²) in [5, 5.41) is 2.43. The first-order valence-electron chi connectivity index (χ1n) is 8.17. The number of hydrogen-bond donors (Lipinski definition) is 1. The van der Waals surface area contributed by atoms with Gasteiger partial charge in [0.05, 0.1) is 0 Å². The molecule has 1 unspecified atom stereocenters. The molecule has 5 nitrogen and oxygen atoms in total. The van der Waals surface area contributed by atoms with Gasteiger partial charge >= 0.3 is 0 Å². The minimum atomic E-state index is -3.49. The minimum Gasteiger partial charge on any atom is -0.304 e. The van der Waals surface area contributed by atoms with Crippen molar-refractivity contribution in [3.63, 3.8) is 0 Å². The van der Waals surface area contributed by atoms with Gasteiger partial charge in [-0.1, -0.05) is 35.9 Å². The molecule has 2 heterocycles. The Morgan fingerprint density at radius 3 is 2.52 bits per heavy atom. The summed E-state index contributed by atoms with van der Waals surface area (Å²) in [6.07, 6.45) is 0. The Bertz CT molecular complexity index is 788. The van der Waals surface area contributed by atoms with Crippen molar-refractivity contribution in [1.29, 1.82) is 0 Å². The van der Waals surface area contributed by atoms with E-state index in [1.54, 1.807) is 17.5 Å². The van der Waals surface area contributed by atoms with Crippen LogP contribution >= 0.6 is 22.9 Å². The number of thiophene rings is 1. The predicted octanol–water partition coefficient (Wildman–Crippen LogP) is 2.67. The molecule has 0 radical (unpaired) electrons. The summed E-state index contributed by atoms with van der Waals surface area (Å²) in [6, 6.07) is 10.9. The second-order valence-electron chi connectivity index (χ2n) is 6.16. The molecule has 0 aliphatic carbocycles. The summed E-state index contributed by atoms with van der Waals surface area (Å²) in [6.45, 7) is 3.98. The van der Waals surface area contributed by atoms with Crippen LogP contribution in [0.5, 0.6) is 0 Å². The van der Waals surface area contributed by atoms with Crippen molar-refractivity contribution in [2.45, 2.75) is 10.3 Å². The van der Waals surface area contributed by atoms with Crippen molar-refractivity contribution in [2.75, 3.05) is 39.8 Å². The van der Waals surface area contributed by atoms with E-state index in [1.807, 2.05) is 24.3 Å². The molecule has 8 heteroatoms. The van der Waals surface area contributed by atoms with E-state index in [0.717, 1.165) is 31.7 Å². The largest absolute Gasteiger partial charge is 0.304 e. The van der Waals surface area contributed by atoms with Gasteiger partial charge in [-0.15, -0.1) is 11.3 Å². The number of rotatable bonds is 6. The molecule has 0 saturated carbocycles. The first-order chi connectivity index (χ1) is 12.0. The van der Waals surface area contributed by atoms with E-state index >= 15 is 0 Å². The van der Waals surface area contributed by atoms with E-state index in [9.17, 15) is 8.42 Å². The number of likely N-dealkylation sites (N-methyl/N-ethyl adjacent to an activating group) is 1. The normalized spacial score (nSPS) is 18.3. The molecule has 1 fully saturated rings. The molecule has 3 rings (SSSR count). The molecular formula is C17H22ClN3O2S2. The van der Waals surface area contributed by atoms with E-state index in [4.69, 9.17) is 11.6 Å². The van der Waals surface area contributed by atoms with E-state index in [-0.39, 0.29) is 6.04 Å². The lowest BCUT2D eigenvalue weighted by molar-refractivity contribution is 0.113. The Balaban J connectivity index is 1.81. The van der Waals surface area contributed by atoms with Crippen molar-refractivity contribution in [1.82, 2.24) is 14.5 Å². The molecule has 136 valence electrons. The van der Waals surface area contributed by atoms with Gasteiger partial charge in [0, 0.05) is 43.8 Å². The second kappa shape index (κ2) is 8.16. The molecular weight excluding hydrogens is 378 g/mol. The lowest BCUT2D eigenvalue weighted by Crippen LogP contribution is -2.48. The van der Waals surface area contributed by atoms with Crippen LogP contribution in [0.2, 0.25) is 5.02 Å². The molecule has 1 aliphatic rings. The predicted molar refractivity (Wildman–Crippen MR) is 103 cm³/mol. The van der Waals surface area contributed by atoms with Gasteiger partial charge in [-0.25, -0.2) is 13.1 Å². The Kier molecular flexibility index (Phi) is 6.14. The second-order valence-corrected chi connectivity index (χ2v) is 9.51. The molecule has 1 aliphatic heterocycles. The smallest absolute Gasteiger partial charge is 0.250 e. The number of nitrogens with one attached hydrogen (secondary N) is 1. The molecule has 1 aromatic carbocycles. The summed E-state index contributed by atoms with van der Waals surface area (Å²) in [5.41, 5.74) is 0.961. The van der Waals surface area contributed by atoms with Crippen LogP contribution in [-0.4, -0.2) is 58.0 Å². The maximum Gasteiger partial charge on any atom is 0.250 e. The molecule has 1 aromatic heterocycles. The lowest BCUT2D eigenvalue weighted by Gasteiger charge is -2.38. The van der Waals surface area contributed by atoms with Crippen molar-refractivity contribution < 1.29 is 8.42 Å². The lowest BCUT2D eigenvalue weighted by atomic mass is 10.0. The van der Waals surface area contributed by atoms with Gasteiger partial charge < -0.3 is 4.90 Å². The van der Waals surface area contributed by atoms with Crippen LogP contribution in [0.25, 0.3) is 0 Å². The summed E-state index contributed by atoms with van der Waals surface area (Å²) >= 11 is 7.62. The third-order valence-corrected chi connectivity index (χ3v) is 7.63. The first kappa shape index (κ1) is 18.8. The average molecular weight is 400 g/mol. The van der Waals surface area contributed by atoms with Crippen LogP contribution < -0.4 is 4.72 Å². The number of hydrogen-bond acceptors (Lipinski definition) is 5. The third-order valence-electron chi connectivity index (χ3n) is 4.47. The van der Waals surface area contributed by atoms with Gasteiger partial charge in [-0.2, -0.15) is 0 Å². The number of benzene rings is 1. The van der Waals surface area contributed by atoms with Gasteiger partial charge in [0.1, 0.15) is 4.21 Å². The van der Waals surface area contributed by atoms with Gasteiger partial charge in [-0.3, -0.25) is 4.90 Å². The van der Waals surface area contributed by atoms with E-state index in [1.165, 1.54) is 11.3 Å². The summed E-state index contributed by atoms with van der Waals surface area (Å²) < 4.78 is 28.1. The zero-order valence-corrected chi connectivity index (χ0v) is 16.4. The number of sulfonamides is 1. The number of halogens is 1. The van der Waals surface area contributed by atoms with Crippen LogP contribution in [0.3, 0.4) is 0 Å². The summed E-state index contributed by atoms with van der Waals surface area (Å²) in [7, 11) is -1.40. The van der Waals surface area contributed by atoms with E-state index in [2.05, 4.69) is 21.6 Å². The van der Waals surface area contributed by atoms with Crippen molar-refractivity contribution in [2.24, 2.45) is 0 Å². The summed E-state index contributed by atoms with van der Waals surface area (Å²) in [5.74, 6) is 0. The Hall–Kier alpha value is -0.960. The monoisotopic (exact) mass is 399 g/mol. The van der Waals surface area contributed by atoms with Crippen LogP contribution in [0, 0.1) is 0 Å². The van der Waals surface area contributed by atoms with Gasteiger partial charge in [0.2, 0.25) is 10.0 Å². The molecule has 1 atom stereocenters. The maximum atomic E-state index is 12.5. The van der Waals surface area contributed by atoms with Gasteiger partial charge in [-0.05, 0) is 30.1 Å². The van der Waals surface area contributed by atoms with Crippen molar-refractivity contribution in [3.05, 3.63) is 52.4 Å². The molecule has 0 spiro atoms. The highest BCUT2D eigenvalue weighted by atomic mass is 35.5. The number of piperazine rings is 1. The topological polar surface area (TPSA) is 52.6 Å². The highest BCUT2D eigenvalue weighted by Crippen LogP contribution is 2.28. The highest BCUT2D eigenvalue weighted by molar-refractivity contribution is 7.91. The number of nitrogens with zero attached hydrogens (tertiary/aromatic N) is 2.